The van der Waals surface area contributed by atoms with E-state index in [2.05, 4.69) is 81.4 Å². The summed E-state index contributed by atoms with van der Waals surface area (Å²) in [5.41, 5.74) is 0. The van der Waals surface area contributed by atoms with Crippen LogP contribution in [0.5, 0.6) is 0 Å². The molecular weight excluding hydrogens is 356 g/mol. The lowest BCUT2D eigenvalue weighted by atomic mass is 9.96. The summed E-state index contributed by atoms with van der Waals surface area (Å²) in [5, 5.41) is 13.3. The first-order valence-electron chi connectivity index (χ1n) is 9.35. The molecule has 0 radical (unpaired) electrons. The number of aliphatic hydroxyl groups excluding tert-OH is 1. The second-order valence-corrected chi connectivity index (χ2v) is 14.1. The van der Waals surface area contributed by atoms with E-state index in [0.29, 0.717) is 10.3 Å². The molecule has 2 aromatic rings. The van der Waals surface area contributed by atoms with Crippen LogP contribution in [0.1, 0.15) is 40.5 Å². The zero-order valence-electron chi connectivity index (χ0n) is 16.1. The molecule has 1 N–H and O–H groups in total. The summed E-state index contributed by atoms with van der Waals surface area (Å²) in [6.07, 6.45) is 2.34. The Hall–Kier alpha value is -1.20. The third-order valence-corrected chi connectivity index (χ3v) is 11.5. The Morgan fingerprint density at radius 1 is 0.962 bits per heavy atom. The van der Waals surface area contributed by atoms with Crippen molar-refractivity contribution in [3.05, 3.63) is 60.7 Å². The SMILES string of the molecule is CC(O)=[SH]C1CC(O[Si](c2ccccc2)(c2ccccc2)C(C)(C)C)C1. The van der Waals surface area contributed by atoms with Gasteiger partial charge in [-0.05, 0) is 35.2 Å². The highest BCUT2D eigenvalue weighted by Crippen LogP contribution is 2.41. The molecule has 0 bridgehead atoms. The van der Waals surface area contributed by atoms with E-state index in [1.54, 1.807) is 6.92 Å². The van der Waals surface area contributed by atoms with Crippen LogP contribution in [-0.4, -0.2) is 29.8 Å². The van der Waals surface area contributed by atoms with E-state index in [-0.39, 0.29) is 11.1 Å². The number of rotatable bonds is 5. The fourth-order valence-corrected chi connectivity index (χ4v) is 9.86. The van der Waals surface area contributed by atoms with Gasteiger partial charge in [0.2, 0.25) is 0 Å². The van der Waals surface area contributed by atoms with Crippen LogP contribution in [0.15, 0.2) is 60.7 Å². The van der Waals surface area contributed by atoms with Crippen molar-refractivity contribution in [3.63, 3.8) is 0 Å². The van der Waals surface area contributed by atoms with Gasteiger partial charge in [-0.25, -0.2) is 0 Å². The maximum absolute atomic E-state index is 9.56. The first kappa shape index (κ1) is 19.6. The minimum atomic E-state index is -2.42. The van der Waals surface area contributed by atoms with Gasteiger partial charge in [0.05, 0.1) is 5.05 Å². The van der Waals surface area contributed by atoms with Gasteiger partial charge in [-0.3, -0.25) is 0 Å². The zero-order chi connectivity index (χ0) is 18.8. The van der Waals surface area contributed by atoms with Crippen LogP contribution in [0.3, 0.4) is 0 Å². The van der Waals surface area contributed by atoms with Gasteiger partial charge in [0.25, 0.3) is 8.32 Å². The van der Waals surface area contributed by atoms with Crippen LogP contribution < -0.4 is 10.4 Å². The monoisotopic (exact) mass is 386 g/mol. The fraction of sp³-hybridized carbons (Fsp3) is 0.409. The molecule has 0 unspecified atom stereocenters. The van der Waals surface area contributed by atoms with Crippen LogP contribution in [0.2, 0.25) is 5.04 Å². The van der Waals surface area contributed by atoms with Crippen molar-refractivity contribution in [2.45, 2.75) is 56.9 Å². The minimum absolute atomic E-state index is 0.0253. The molecule has 0 saturated heterocycles. The molecule has 1 aliphatic carbocycles. The van der Waals surface area contributed by atoms with Gasteiger partial charge in [0.15, 0.2) is 0 Å². The van der Waals surface area contributed by atoms with Crippen LogP contribution in [-0.2, 0) is 4.43 Å². The topological polar surface area (TPSA) is 29.5 Å². The molecule has 1 aliphatic rings. The quantitative estimate of drug-likeness (QED) is 0.457. The molecule has 3 rings (SSSR count). The predicted molar refractivity (Wildman–Crippen MR) is 118 cm³/mol. The Bertz CT molecular complexity index is 703. The highest BCUT2D eigenvalue weighted by Gasteiger charge is 2.52. The van der Waals surface area contributed by atoms with E-state index in [4.69, 9.17) is 4.43 Å². The van der Waals surface area contributed by atoms with Crippen molar-refractivity contribution in [3.8, 4) is 0 Å². The summed E-state index contributed by atoms with van der Waals surface area (Å²) in [6.45, 7) is 8.75. The molecule has 1 saturated carbocycles. The van der Waals surface area contributed by atoms with Crippen molar-refractivity contribution in [2.75, 3.05) is 0 Å². The van der Waals surface area contributed by atoms with Gasteiger partial charge < -0.3 is 9.53 Å². The number of hydrogen-bond acceptors (Lipinski definition) is 1. The van der Waals surface area contributed by atoms with Crippen LogP contribution in [0, 0.1) is 0 Å². The number of aliphatic hydroxyl groups is 1. The van der Waals surface area contributed by atoms with Gasteiger partial charge >= 0.3 is 0 Å². The summed E-state index contributed by atoms with van der Waals surface area (Å²) in [4.78, 5) is 0. The van der Waals surface area contributed by atoms with Crippen molar-refractivity contribution < 1.29 is 9.53 Å². The van der Waals surface area contributed by atoms with Crippen molar-refractivity contribution >= 4 is 35.1 Å². The maximum Gasteiger partial charge on any atom is 0.261 e. The highest BCUT2D eigenvalue weighted by molar-refractivity contribution is 7.99. The summed E-state index contributed by atoms with van der Waals surface area (Å²) in [6, 6.07) is 21.6. The van der Waals surface area contributed by atoms with E-state index in [0.717, 1.165) is 24.2 Å². The van der Waals surface area contributed by atoms with E-state index < -0.39 is 8.32 Å². The Balaban J connectivity index is 2.01. The maximum atomic E-state index is 9.56. The van der Waals surface area contributed by atoms with Crippen LogP contribution in [0.25, 0.3) is 0 Å². The third-order valence-electron chi connectivity index (χ3n) is 5.20. The van der Waals surface area contributed by atoms with Gasteiger partial charge in [0.1, 0.15) is 0 Å². The van der Waals surface area contributed by atoms with Gasteiger partial charge in [-0.2, -0.15) is 11.4 Å². The second-order valence-electron chi connectivity index (χ2n) is 8.20. The van der Waals surface area contributed by atoms with Crippen molar-refractivity contribution in [2.24, 2.45) is 0 Å². The molecule has 26 heavy (non-hydrogen) atoms. The summed E-state index contributed by atoms with van der Waals surface area (Å²) >= 11 is 1.06. The predicted octanol–water partition coefficient (Wildman–Crippen LogP) is 4.27. The molecular formula is C22H30O2SSi. The number of benzene rings is 2. The number of thiol groups is 1. The highest BCUT2D eigenvalue weighted by atomic mass is 32.1. The van der Waals surface area contributed by atoms with Gasteiger partial charge in [-0.1, -0.05) is 81.4 Å². The van der Waals surface area contributed by atoms with Gasteiger partial charge in [-0.15, -0.1) is 0 Å². The third kappa shape index (κ3) is 3.89. The Morgan fingerprint density at radius 3 is 1.81 bits per heavy atom. The summed E-state index contributed by atoms with van der Waals surface area (Å²) in [5.74, 6) is 0. The average molecular weight is 387 g/mol. The molecule has 0 spiro atoms. The first-order valence-corrected chi connectivity index (χ1v) is 12.2. The van der Waals surface area contributed by atoms with E-state index >= 15 is 0 Å². The van der Waals surface area contributed by atoms with E-state index in [1.807, 2.05) is 0 Å². The van der Waals surface area contributed by atoms with Gasteiger partial charge in [0, 0.05) is 11.4 Å². The Kier molecular flexibility index (Phi) is 5.87. The smallest absolute Gasteiger partial charge is 0.261 e. The summed E-state index contributed by atoms with van der Waals surface area (Å²) < 4.78 is 7.07. The molecule has 4 heteroatoms. The normalized spacial score (nSPS) is 21.7. The largest absolute Gasteiger partial charge is 0.404 e. The van der Waals surface area contributed by atoms with Crippen LogP contribution >= 0.6 is 11.4 Å². The average Bonchev–Trinajstić information content (AvgIpc) is 2.57. The number of hydrogen-bond donors (Lipinski definition) is 2. The molecule has 140 valence electrons. The minimum Gasteiger partial charge on any atom is -0.404 e. The van der Waals surface area contributed by atoms with E-state index in [1.165, 1.54) is 10.4 Å². The Morgan fingerprint density at radius 2 is 1.42 bits per heavy atom. The Labute approximate surface area is 162 Å². The molecule has 0 atom stereocenters. The first-order chi connectivity index (χ1) is 12.3. The van der Waals surface area contributed by atoms with Crippen molar-refractivity contribution in [1.29, 1.82) is 0 Å². The molecule has 2 aromatic carbocycles. The van der Waals surface area contributed by atoms with E-state index in [9.17, 15) is 5.11 Å². The molecule has 0 amide bonds. The molecule has 0 aromatic heterocycles. The lowest BCUT2D eigenvalue weighted by molar-refractivity contribution is 0.115. The molecule has 2 nitrogen and oxygen atoms in total. The summed E-state index contributed by atoms with van der Waals surface area (Å²) in [7, 11) is -2.42. The fourth-order valence-electron chi connectivity index (χ4n) is 3.95. The lowest BCUT2D eigenvalue weighted by Crippen LogP contribution is -2.68. The zero-order valence-corrected chi connectivity index (χ0v) is 18.0. The van der Waals surface area contributed by atoms with Crippen molar-refractivity contribution in [1.82, 2.24) is 0 Å². The molecule has 0 heterocycles. The molecule has 0 aliphatic heterocycles. The second kappa shape index (κ2) is 7.81. The standard InChI is InChI=1S/C22H30O2SSi/c1-17(23)25-19-15-18(16-19)24-26(22(2,3)4,20-11-7-5-8-12-20)21-13-9-6-10-14-21/h5-14,18-19,23,25H,15-16H2,1-4H3. The lowest BCUT2D eigenvalue weighted by Gasteiger charge is -2.48. The van der Waals surface area contributed by atoms with Crippen LogP contribution in [0.4, 0.5) is 0 Å². The molecule has 1 fully saturated rings.